The second kappa shape index (κ2) is 6.75. The predicted molar refractivity (Wildman–Crippen MR) is 77.1 cm³/mol. The molecule has 0 saturated heterocycles. The number of Topliss-reactive ketones (excluding diaryl/α,β-unsaturated/α-hetero) is 1. The Labute approximate surface area is 109 Å². The molecule has 0 unspecified atom stereocenters. The molecule has 0 heterocycles. The van der Waals surface area contributed by atoms with Gasteiger partial charge in [-0.25, -0.2) is 0 Å². The maximum absolute atomic E-state index is 10.8. The van der Waals surface area contributed by atoms with Gasteiger partial charge < -0.3 is 0 Å². The first-order chi connectivity index (χ1) is 8.49. The molecule has 0 radical (unpaired) electrons. The maximum Gasteiger partial charge on any atom is 0.159 e. The van der Waals surface area contributed by atoms with Crippen LogP contribution in [0, 0.1) is 20.8 Å². The van der Waals surface area contributed by atoms with Gasteiger partial charge in [0.25, 0.3) is 0 Å². The fraction of sp³-hybridized carbons (Fsp3) is 0.235. The van der Waals surface area contributed by atoms with E-state index in [0.717, 1.165) is 5.56 Å². The van der Waals surface area contributed by atoms with Gasteiger partial charge in [0.05, 0.1) is 0 Å². The number of carbonyl (C=O) groups excluding carboxylic acids is 1. The van der Waals surface area contributed by atoms with Gasteiger partial charge in [-0.2, -0.15) is 0 Å². The molecule has 1 nitrogen and oxygen atoms in total. The molecule has 2 rings (SSSR count). The summed E-state index contributed by atoms with van der Waals surface area (Å²) in [6, 6.07) is 16.1. The largest absolute Gasteiger partial charge is 0.295 e. The van der Waals surface area contributed by atoms with Crippen LogP contribution < -0.4 is 0 Å². The summed E-state index contributed by atoms with van der Waals surface area (Å²) in [5.41, 5.74) is 4.63. The summed E-state index contributed by atoms with van der Waals surface area (Å²) < 4.78 is 0. The lowest BCUT2D eigenvalue weighted by atomic mass is 10.1. The molecule has 94 valence electrons. The zero-order valence-corrected chi connectivity index (χ0v) is 11.5. The Morgan fingerprint density at radius 3 is 1.22 bits per heavy atom. The Bertz CT molecular complexity index is 471. The quantitative estimate of drug-likeness (QED) is 0.671. The highest BCUT2D eigenvalue weighted by molar-refractivity contribution is 5.93. The highest BCUT2D eigenvalue weighted by Crippen LogP contribution is 2.02. The van der Waals surface area contributed by atoms with Gasteiger partial charge in [-0.05, 0) is 27.7 Å². The number of benzene rings is 2. The molecule has 2 aromatic rings. The van der Waals surface area contributed by atoms with Crippen LogP contribution in [0.3, 0.4) is 0 Å². The van der Waals surface area contributed by atoms with Gasteiger partial charge in [0.15, 0.2) is 5.78 Å². The van der Waals surface area contributed by atoms with Crippen molar-refractivity contribution in [2.75, 3.05) is 0 Å². The molecule has 0 aliphatic rings. The van der Waals surface area contributed by atoms with E-state index in [-0.39, 0.29) is 5.78 Å². The highest BCUT2D eigenvalue weighted by atomic mass is 16.1. The third-order valence-electron chi connectivity index (χ3n) is 2.68. The Balaban J connectivity index is 0.000000184. The number of aryl methyl sites for hydroxylation is 3. The van der Waals surface area contributed by atoms with E-state index in [1.807, 2.05) is 31.2 Å². The van der Waals surface area contributed by atoms with Crippen LogP contribution in [0.4, 0.5) is 0 Å². The summed E-state index contributed by atoms with van der Waals surface area (Å²) in [7, 11) is 0. The normalized spacial score (nSPS) is 9.33. The van der Waals surface area contributed by atoms with Crippen LogP contribution in [-0.2, 0) is 0 Å². The van der Waals surface area contributed by atoms with Gasteiger partial charge in [-0.1, -0.05) is 65.2 Å². The van der Waals surface area contributed by atoms with E-state index in [4.69, 9.17) is 0 Å². The summed E-state index contributed by atoms with van der Waals surface area (Å²) in [6.07, 6.45) is 0. The number of rotatable bonds is 1. The molecule has 0 N–H and O–H groups in total. The van der Waals surface area contributed by atoms with E-state index in [1.54, 1.807) is 6.92 Å². The van der Waals surface area contributed by atoms with E-state index in [2.05, 4.69) is 38.1 Å². The molecule has 0 aliphatic carbocycles. The molecule has 0 saturated carbocycles. The van der Waals surface area contributed by atoms with Gasteiger partial charge in [0, 0.05) is 5.56 Å². The van der Waals surface area contributed by atoms with Gasteiger partial charge in [-0.3, -0.25) is 4.79 Å². The molecular formula is C17H20O. The SMILES string of the molecule is CC(=O)c1ccc(C)cc1.Cc1ccc(C)cc1. The van der Waals surface area contributed by atoms with E-state index in [9.17, 15) is 4.79 Å². The monoisotopic (exact) mass is 240 g/mol. The van der Waals surface area contributed by atoms with Crippen LogP contribution in [0.2, 0.25) is 0 Å². The average molecular weight is 240 g/mol. The van der Waals surface area contributed by atoms with Crippen molar-refractivity contribution in [3.05, 3.63) is 70.8 Å². The van der Waals surface area contributed by atoms with Gasteiger partial charge in [0.2, 0.25) is 0 Å². The molecule has 0 amide bonds. The second-order valence-corrected chi connectivity index (χ2v) is 4.58. The highest BCUT2D eigenvalue weighted by Gasteiger charge is 1.95. The van der Waals surface area contributed by atoms with Crippen LogP contribution >= 0.6 is 0 Å². The van der Waals surface area contributed by atoms with E-state index < -0.39 is 0 Å². The van der Waals surface area contributed by atoms with Gasteiger partial charge in [-0.15, -0.1) is 0 Å². The van der Waals surface area contributed by atoms with E-state index >= 15 is 0 Å². The molecule has 0 spiro atoms. The van der Waals surface area contributed by atoms with Crippen molar-refractivity contribution in [3.63, 3.8) is 0 Å². The van der Waals surface area contributed by atoms with E-state index in [1.165, 1.54) is 16.7 Å². The van der Waals surface area contributed by atoms with Crippen molar-refractivity contribution in [2.45, 2.75) is 27.7 Å². The maximum atomic E-state index is 10.8. The fourth-order valence-corrected chi connectivity index (χ4v) is 1.43. The number of hydrogen-bond donors (Lipinski definition) is 0. The first-order valence-electron chi connectivity index (χ1n) is 6.10. The first-order valence-corrected chi connectivity index (χ1v) is 6.10. The zero-order valence-electron chi connectivity index (χ0n) is 11.5. The molecule has 2 aromatic carbocycles. The topological polar surface area (TPSA) is 17.1 Å². The minimum atomic E-state index is 0.125. The Morgan fingerprint density at radius 1 is 0.667 bits per heavy atom. The average Bonchev–Trinajstić information content (AvgIpc) is 2.34. The molecule has 0 fully saturated rings. The van der Waals surface area contributed by atoms with Crippen molar-refractivity contribution in [1.82, 2.24) is 0 Å². The fourth-order valence-electron chi connectivity index (χ4n) is 1.43. The molecule has 18 heavy (non-hydrogen) atoms. The molecule has 0 bridgehead atoms. The molecular weight excluding hydrogens is 220 g/mol. The standard InChI is InChI=1S/C9H10O.C8H10/c1-7-3-5-9(6-4-7)8(2)10;1-7-3-5-8(2)6-4-7/h3-6H,1-2H3;3-6H,1-2H3. The molecule has 0 atom stereocenters. The van der Waals surface area contributed by atoms with E-state index in [0.29, 0.717) is 0 Å². The number of hydrogen-bond acceptors (Lipinski definition) is 1. The molecule has 0 aliphatic heterocycles. The van der Waals surface area contributed by atoms with Crippen molar-refractivity contribution in [2.24, 2.45) is 0 Å². The van der Waals surface area contributed by atoms with Gasteiger partial charge >= 0.3 is 0 Å². The third kappa shape index (κ3) is 4.96. The summed E-state index contributed by atoms with van der Waals surface area (Å²) in [4.78, 5) is 10.8. The Morgan fingerprint density at radius 2 is 0.944 bits per heavy atom. The predicted octanol–water partition coefficient (Wildman–Crippen LogP) is 4.50. The lowest BCUT2D eigenvalue weighted by molar-refractivity contribution is 0.101. The Kier molecular flexibility index (Phi) is 5.31. The Hall–Kier alpha value is -1.89. The zero-order chi connectivity index (χ0) is 13.5. The lowest BCUT2D eigenvalue weighted by Gasteiger charge is -1.93. The van der Waals surface area contributed by atoms with Crippen LogP contribution in [0.25, 0.3) is 0 Å². The van der Waals surface area contributed by atoms with Crippen LogP contribution in [0.15, 0.2) is 48.5 Å². The summed E-state index contributed by atoms with van der Waals surface area (Å²) in [5, 5.41) is 0. The minimum absolute atomic E-state index is 0.125. The molecule has 1 heteroatoms. The minimum Gasteiger partial charge on any atom is -0.295 e. The number of ketones is 1. The van der Waals surface area contributed by atoms with Crippen LogP contribution in [-0.4, -0.2) is 5.78 Å². The summed E-state index contributed by atoms with van der Waals surface area (Å²) in [6.45, 7) is 7.77. The van der Waals surface area contributed by atoms with Crippen molar-refractivity contribution in [3.8, 4) is 0 Å². The lowest BCUT2D eigenvalue weighted by Crippen LogP contribution is -1.90. The van der Waals surface area contributed by atoms with Crippen molar-refractivity contribution >= 4 is 5.78 Å². The van der Waals surface area contributed by atoms with Crippen LogP contribution in [0.1, 0.15) is 34.0 Å². The molecule has 0 aromatic heterocycles. The second-order valence-electron chi connectivity index (χ2n) is 4.58. The smallest absolute Gasteiger partial charge is 0.159 e. The van der Waals surface area contributed by atoms with Crippen LogP contribution in [0.5, 0.6) is 0 Å². The third-order valence-corrected chi connectivity index (χ3v) is 2.68. The van der Waals surface area contributed by atoms with Crippen molar-refractivity contribution in [1.29, 1.82) is 0 Å². The summed E-state index contributed by atoms with van der Waals surface area (Å²) in [5.74, 6) is 0.125. The van der Waals surface area contributed by atoms with Gasteiger partial charge in [0.1, 0.15) is 0 Å². The van der Waals surface area contributed by atoms with Crippen molar-refractivity contribution < 1.29 is 4.79 Å². The summed E-state index contributed by atoms with van der Waals surface area (Å²) >= 11 is 0. The first kappa shape index (κ1) is 14.2. The number of carbonyl (C=O) groups is 1.